The smallest absolute Gasteiger partial charge is 0.129 e. The summed E-state index contributed by atoms with van der Waals surface area (Å²) < 4.78 is 5.46. The van der Waals surface area contributed by atoms with Crippen LogP contribution in [-0.4, -0.2) is 11.1 Å². The summed E-state index contributed by atoms with van der Waals surface area (Å²) in [4.78, 5) is 0. The Hall–Kier alpha value is -0.800. The summed E-state index contributed by atoms with van der Waals surface area (Å²) in [5.74, 6) is 2.45. The van der Waals surface area contributed by atoms with Crippen LogP contribution >= 0.6 is 0 Å². The summed E-state index contributed by atoms with van der Waals surface area (Å²) in [5.41, 5.74) is 0. The highest BCUT2D eigenvalue weighted by Crippen LogP contribution is 2.22. The van der Waals surface area contributed by atoms with Gasteiger partial charge in [0.1, 0.15) is 18.1 Å². The monoisotopic (exact) mass is 237 g/mol. The van der Waals surface area contributed by atoms with Gasteiger partial charge in [0, 0.05) is 6.04 Å². The molecule has 0 amide bonds. The zero-order valence-corrected chi connectivity index (χ0v) is 10.6. The van der Waals surface area contributed by atoms with Crippen LogP contribution in [0.2, 0.25) is 0 Å². The Balaban J connectivity index is 1.77. The lowest BCUT2D eigenvalue weighted by molar-refractivity contribution is 0.242. The maximum Gasteiger partial charge on any atom is 0.129 e. The SMILES string of the molecule is CC1CCCC(NCc2ccc(CO)o2)CC1. The lowest BCUT2D eigenvalue weighted by Crippen LogP contribution is -2.27. The standard InChI is InChI=1S/C14H23NO2/c1-11-3-2-4-12(6-5-11)15-9-13-7-8-14(10-16)17-13/h7-8,11-12,15-16H,2-6,9-10H2,1H3. The lowest BCUT2D eigenvalue weighted by Gasteiger charge is -2.15. The van der Waals surface area contributed by atoms with Crippen LogP contribution in [0.15, 0.2) is 16.5 Å². The third-order valence-electron chi connectivity index (χ3n) is 3.70. The Bertz CT molecular complexity index is 335. The molecule has 2 rings (SSSR count). The summed E-state index contributed by atoms with van der Waals surface area (Å²) in [6.07, 6.45) is 6.58. The van der Waals surface area contributed by atoms with Gasteiger partial charge in [-0.25, -0.2) is 0 Å². The van der Waals surface area contributed by atoms with Gasteiger partial charge >= 0.3 is 0 Å². The number of hydrogen-bond donors (Lipinski definition) is 2. The van der Waals surface area contributed by atoms with Crippen LogP contribution in [0.5, 0.6) is 0 Å². The van der Waals surface area contributed by atoms with Crippen LogP contribution < -0.4 is 5.32 Å². The average molecular weight is 237 g/mol. The largest absolute Gasteiger partial charge is 0.462 e. The molecule has 2 unspecified atom stereocenters. The van der Waals surface area contributed by atoms with Gasteiger partial charge in [0.2, 0.25) is 0 Å². The highest BCUT2D eigenvalue weighted by Gasteiger charge is 2.15. The van der Waals surface area contributed by atoms with Gasteiger partial charge in [-0.15, -0.1) is 0 Å². The Labute approximate surface area is 103 Å². The molecule has 1 aromatic heterocycles. The van der Waals surface area contributed by atoms with E-state index in [1.165, 1.54) is 32.1 Å². The Kier molecular flexibility index (Phi) is 4.63. The van der Waals surface area contributed by atoms with Crippen LogP contribution in [0.1, 0.15) is 50.5 Å². The second-order valence-corrected chi connectivity index (χ2v) is 5.22. The van der Waals surface area contributed by atoms with Gasteiger partial charge in [-0.3, -0.25) is 0 Å². The first kappa shape index (κ1) is 12.7. The van der Waals surface area contributed by atoms with E-state index in [9.17, 15) is 0 Å². The molecule has 0 aromatic carbocycles. The molecule has 0 saturated heterocycles. The molecule has 1 heterocycles. The van der Waals surface area contributed by atoms with Crippen molar-refractivity contribution in [2.75, 3.05) is 0 Å². The highest BCUT2D eigenvalue weighted by molar-refractivity contribution is 5.06. The quantitative estimate of drug-likeness (QED) is 0.791. The first-order valence-corrected chi connectivity index (χ1v) is 6.69. The number of furan rings is 1. The second-order valence-electron chi connectivity index (χ2n) is 5.22. The highest BCUT2D eigenvalue weighted by atomic mass is 16.4. The van der Waals surface area contributed by atoms with Crippen molar-refractivity contribution in [3.63, 3.8) is 0 Å². The van der Waals surface area contributed by atoms with Gasteiger partial charge in [-0.2, -0.15) is 0 Å². The van der Waals surface area contributed by atoms with Crippen LogP contribution in [-0.2, 0) is 13.2 Å². The van der Waals surface area contributed by atoms with Crippen LogP contribution in [0, 0.1) is 5.92 Å². The van der Waals surface area contributed by atoms with E-state index in [-0.39, 0.29) is 6.61 Å². The van der Waals surface area contributed by atoms with E-state index in [1.54, 1.807) is 0 Å². The first-order valence-electron chi connectivity index (χ1n) is 6.69. The molecule has 3 nitrogen and oxygen atoms in total. The molecule has 0 spiro atoms. The zero-order valence-electron chi connectivity index (χ0n) is 10.6. The summed E-state index contributed by atoms with van der Waals surface area (Å²) in [7, 11) is 0. The van der Waals surface area contributed by atoms with Crippen molar-refractivity contribution in [2.45, 2.75) is 58.2 Å². The van der Waals surface area contributed by atoms with Gasteiger partial charge in [0.25, 0.3) is 0 Å². The molecule has 96 valence electrons. The van der Waals surface area contributed by atoms with Crippen molar-refractivity contribution >= 4 is 0 Å². The van der Waals surface area contributed by atoms with Gasteiger partial charge in [0.05, 0.1) is 6.54 Å². The van der Waals surface area contributed by atoms with E-state index in [4.69, 9.17) is 9.52 Å². The van der Waals surface area contributed by atoms with Crippen molar-refractivity contribution in [3.05, 3.63) is 23.7 Å². The third-order valence-corrected chi connectivity index (χ3v) is 3.70. The Morgan fingerprint density at radius 1 is 1.24 bits per heavy atom. The molecule has 1 aliphatic rings. The average Bonchev–Trinajstić information content (AvgIpc) is 2.70. The molecule has 0 aliphatic heterocycles. The number of aliphatic hydroxyl groups is 1. The molecule has 1 aromatic rings. The molecular formula is C14H23NO2. The molecule has 0 bridgehead atoms. The minimum atomic E-state index is -0.0130. The topological polar surface area (TPSA) is 45.4 Å². The number of rotatable bonds is 4. The minimum absolute atomic E-state index is 0.0130. The Morgan fingerprint density at radius 2 is 2.06 bits per heavy atom. The van der Waals surface area contributed by atoms with Crippen molar-refractivity contribution in [1.29, 1.82) is 0 Å². The van der Waals surface area contributed by atoms with Gasteiger partial charge < -0.3 is 14.8 Å². The van der Waals surface area contributed by atoms with Crippen molar-refractivity contribution in [3.8, 4) is 0 Å². The van der Waals surface area contributed by atoms with E-state index in [2.05, 4.69) is 12.2 Å². The molecule has 17 heavy (non-hydrogen) atoms. The molecule has 0 radical (unpaired) electrons. The van der Waals surface area contributed by atoms with E-state index in [1.807, 2.05) is 12.1 Å². The molecule has 2 N–H and O–H groups in total. The first-order chi connectivity index (χ1) is 8.28. The van der Waals surface area contributed by atoms with Crippen LogP contribution in [0.3, 0.4) is 0 Å². The lowest BCUT2D eigenvalue weighted by atomic mass is 10.0. The van der Waals surface area contributed by atoms with E-state index in [0.717, 1.165) is 18.2 Å². The molecule has 1 aliphatic carbocycles. The van der Waals surface area contributed by atoms with Crippen LogP contribution in [0.4, 0.5) is 0 Å². The maximum atomic E-state index is 8.92. The van der Waals surface area contributed by atoms with Gasteiger partial charge in [-0.05, 0) is 37.3 Å². The minimum Gasteiger partial charge on any atom is -0.462 e. The van der Waals surface area contributed by atoms with Crippen molar-refractivity contribution < 1.29 is 9.52 Å². The molecule has 1 fully saturated rings. The molecular weight excluding hydrogens is 214 g/mol. The van der Waals surface area contributed by atoms with E-state index in [0.29, 0.717) is 11.8 Å². The zero-order chi connectivity index (χ0) is 12.1. The van der Waals surface area contributed by atoms with E-state index >= 15 is 0 Å². The number of hydrogen-bond acceptors (Lipinski definition) is 3. The molecule has 3 heteroatoms. The summed E-state index contributed by atoms with van der Waals surface area (Å²) in [5, 5.41) is 12.5. The predicted molar refractivity (Wildman–Crippen MR) is 67.5 cm³/mol. The molecule has 1 saturated carbocycles. The van der Waals surface area contributed by atoms with E-state index < -0.39 is 0 Å². The molecule has 2 atom stereocenters. The fourth-order valence-electron chi connectivity index (χ4n) is 2.54. The fourth-order valence-corrected chi connectivity index (χ4v) is 2.54. The summed E-state index contributed by atoms with van der Waals surface area (Å²) >= 11 is 0. The predicted octanol–water partition coefficient (Wildman–Crippen LogP) is 2.83. The number of nitrogens with one attached hydrogen (secondary N) is 1. The summed E-state index contributed by atoms with van der Waals surface area (Å²) in [6, 6.07) is 4.41. The fraction of sp³-hybridized carbons (Fsp3) is 0.714. The second kappa shape index (κ2) is 6.22. The normalized spacial score (nSPS) is 25.8. The maximum absolute atomic E-state index is 8.92. The van der Waals surface area contributed by atoms with Gasteiger partial charge in [0.15, 0.2) is 0 Å². The third kappa shape index (κ3) is 3.86. The number of aliphatic hydroxyl groups excluding tert-OH is 1. The van der Waals surface area contributed by atoms with Crippen LogP contribution in [0.25, 0.3) is 0 Å². The van der Waals surface area contributed by atoms with Crippen molar-refractivity contribution in [1.82, 2.24) is 5.32 Å². The van der Waals surface area contributed by atoms with Crippen molar-refractivity contribution in [2.24, 2.45) is 5.92 Å². The van der Waals surface area contributed by atoms with Gasteiger partial charge in [-0.1, -0.05) is 19.8 Å². The Morgan fingerprint density at radius 3 is 2.82 bits per heavy atom. The summed E-state index contributed by atoms with van der Waals surface area (Å²) in [6.45, 7) is 3.11.